The van der Waals surface area contributed by atoms with Crippen molar-refractivity contribution in [3.05, 3.63) is 53.6 Å². The summed E-state index contributed by atoms with van der Waals surface area (Å²) in [4.78, 5) is 0. The van der Waals surface area contributed by atoms with Crippen molar-refractivity contribution in [1.29, 1.82) is 0 Å². The molecule has 0 aromatic heterocycles. The molecule has 0 amide bonds. The van der Waals surface area contributed by atoms with E-state index in [0.717, 1.165) is 35.8 Å². The summed E-state index contributed by atoms with van der Waals surface area (Å²) >= 11 is 5.75. The second kappa shape index (κ2) is 4.91. The Balaban J connectivity index is 1.79. The smallest absolute Gasteiger partial charge is 0.127 e. The van der Waals surface area contributed by atoms with Gasteiger partial charge in [0.2, 0.25) is 0 Å². The highest BCUT2D eigenvalue weighted by Crippen LogP contribution is 2.31. The van der Waals surface area contributed by atoms with E-state index in [2.05, 4.69) is 0 Å². The highest BCUT2D eigenvalue weighted by molar-refractivity contribution is 6.17. The fraction of sp³-hybridized carbons (Fsp3) is 0.200. The van der Waals surface area contributed by atoms with Crippen LogP contribution in [0.3, 0.4) is 0 Å². The van der Waals surface area contributed by atoms with Crippen molar-refractivity contribution < 1.29 is 9.47 Å². The molecule has 0 unspecified atom stereocenters. The van der Waals surface area contributed by atoms with Crippen molar-refractivity contribution in [2.24, 2.45) is 0 Å². The molecule has 0 radical (unpaired) electrons. The van der Waals surface area contributed by atoms with Gasteiger partial charge in [-0.1, -0.05) is 12.1 Å². The number of hydrogen-bond donors (Lipinski definition) is 0. The zero-order chi connectivity index (χ0) is 12.4. The third-order valence-corrected chi connectivity index (χ3v) is 3.28. The molecule has 0 bridgehead atoms. The lowest BCUT2D eigenvalue weighted by molar-refractivity contribution is 0.356. The van der Waals surface area contributed by atoms with Gasteiger partial charge < -0.3 is 9.47 Å². The van der Waals surface area contributed by atoms with Crippen LogP contribution in [0.2, 0.25) is 0 Å². The normalized spacial score (nSPS) is 12.9. The number of hydrogen-bond acceptors (Lipinski definition) is 2. The number of ether oxygens (including phenoxy) is 2. The second-order valence-electron chi connectivity index (χ2n) is 4.25. The fourth-order valence-corrected chi connectivity index (χ4v) is 2.19. The van der Waals surface area contributed by atoms with Gasteiger partial charge >= 0.3 is 0 Å². The quantitative estimate of drug-likeness (QED) is 0.772. The minimum absolute atomic E-state index is 0.524. The molecule has 0 aliphatic carbocycles. The van der Waals surface area contributed by atoms with Crippen LogP contribution >= 0.6 is 11.6 Å². The molecule has 0 atom stereocenters. The van der Waals surface area contributed by atoms with Gasteiger partial charge in [-0.15, -0.1) is 11.6 Å². The van der Waals surface area contributed by atoms with Crippen LogP contribution < -0.4 is 9.47 Å². The van der Waals surface area contributed by atoms with E-state index in [1.165, 1.54) is 5.56 Å². The fourth-order valence-electron chi connectivity index (χ4n) is 2.01. The molecule has 0 fully saturated rings. The number of fused-ring (bicyclic) bond motifs is 1. The van der Waals surface area contributed by atoms with Crippen molar-refractivity contribution in [1.82, 2.24) is 0 Å². The van der Waals surface area contributed by atoms with Gasteiger partial charge in [0.15, 0.2) is 0 Å². The molecule has 2 nitrogen and oxygen atoms in total. The third kappa shape index (κ3) is 2.29. The molecular formula is C15H13ClO2. The Labute approximate surface area is 111 Å². The van der Waals surface area contributed by atoms with Gasteiger partial charge in [-0.05, 0) is 35.9 Å². The summed E-state index contributed by atoms with van der Waals surface area (Å²) in [7, 11) is 0. The van der Waals surface area contributed by atoms with Crippen LogP contribution in [-0.2, 0) is 12.3 Å². The maximum atomic E-state index is 5.80. The van der Waals surface area contributed by atoms with Crippen LogP contribution in [0.4, 0.5) is 0 Å². The molecule has 2 aromatic rings. The largest absolute Gasteiger partial charge is 0.493 e. The zero-order valence-electron chi connectivity index (χ0n) is 9.86. The van der Waals surface area contributed by atoms with Crippen LogP contribution in [-0.4, -0.2) is 6.61 Å². The van der Waals surface area contributed by atoms with Crippen molar-refractivity contribution >= 4 is 11.6 Å². The summed E-state index contributed by atoms with van der Waals surface area (Å²) in [6.07, 6.45) is 0.956. The Morgan fingerprint density at radius 1 is 1.06 bits per heavy atom. The molecule has 0 spiro atoms. The molecule has 0 saturated carbocycles. The first-order valence-electron chi connectivity index (χ1n) is 5.93. The minimum atomic E-state index is 0.524. The van der Waals surface area contributed by atoms with Crippen molar-refractivity contribution in [2.75, 3.05) is 6.61 Å². The number of alkyl halides is 1. The SMILES string of the molecule is ClCc1ccc(Oc2ccc3c(c2)CCO3)cc1. The predicted molar refractivity (Wildman–Crippen MR) is 71.7 cm³/mol. The van der Waals surface area contributed by atoms with Crippen molar-refractivity contribution in [2.45, 2.75) is 12.3 Å². The highest BCUT2D eigenvalue weighted by Gasteiger charge is 2.12. The average molecular weight is 261 g/mol. The molecule has 18 heavy (non-hydrogen) atoms. The summed E-state index contributed by atoms with van der Waals surface area (Å²) in [5.74, 6) is 3.16. The van der Waals surface area contributed by atoms with Crippen molar-refractivity contribution in [3.63, 3.8) is 0 Å². The van der Waals surface area contributed by atoms with Crippen LogP contribution in [0.15, 0.2) is 42.5 Å². The van der Waals surface area contributed by atoms with Gasteiger partial charge in [0, 0.05) is 17.9 Å². The Bertz CT molecular complexity index is 549. The van der Waals surface area contributed by atoms with Gasteiger partial charge in [0.25, 0.3) is 0 Å². The summed E-state index contributed by atoms with van der Waals surface area (Å²) in [5, 5.41) is 0. The topological polar surface area (TPSA) is 18.5 Å². The predicted octanol–water partition coefficient (Wildman–Crippen LogP) is 4.15. The zero-order valence-corrected chi connectivity index (χ0v) is 10.6. The van der Waals surface area contributed by atoms with E-state index in [9.17, 15) is 0 Å². The van der Waals surface area contributed by atoms with E-state index >= 15 is 0 Å². The molecular weight excluding hydrogens is 248 g/mol. The van der Waals surface area contributed by atoms with Crippen molar-refractivity contribution in [3.8, 4) is 17.2 Å². The van der Waals surface area contributed by atoms with E-state index in [-0.39, 0.29) is 0 Å². The highest BCUT2D eigenvalue weighted by atomic mass is 35.5. The monoisotopic (exact) mass is 260 g/mol. The Morgan fingerprint density at radius 2 is 1.83 bits per heavy atom. The Morgan fingerprint density at radius 3 is 2.61 bits per heavy atom. The lowest BCUT2D eigenvalue weighted by atomic mass is 10.1. The Hall–Kier alpha value is -1.67. The molecule has 1 aliphatic heterocycles. The molecule has 3 heteroatoms. The van der Waals surface area contributed by atoms with E-state index in [1.54, 1.807) is 0 Å². The average Bonchev–Trinajstić information content (AvgIpc) is 2.87. The maximum absolute atomic E-state index is 5.80. The first-order chi connectivity index (χ1) is 8.85. The summed E-state index contributed by atoms with van der Waals surface area (Å²) in [5.41, 5.74) is 2.30. The van der Waals surface area contributed by atoms with Crippen LogP contribution in [0.1, 0.15) is 11.1 Å². The minimum Gasteiger partial charge on any atom is -0.493 e. The van der Waals surface area contributed by atoms with Gasteiger partial charge in [0.1, 0.15) is 17.2 Å². The van der Waals surface area contributed by atoms with E-state index in [0.29, 0.717) is 5.88 Å². The van der Waals surface area contributed by atoms with Crippen LogP contribution in [0.5, 0.6) is 17.2 Å². The maximum Gasteiger partial charge on any atom is 0.127 e. The molecule has 0 N–H and O–H groups in total. The summed E-state index contributed by atoms with van der Waals surface area (Å²) < 4.78 is 11.3. The second-order valence-corrected chi connectivity index (χ2v) is 4.51. The molecule has 1 heterocycles. The lowest BCUT2D eigenvalue weighted by Gasteiger charge is -2.07. The van der Waals surface area contributed by atoms with Gasteiger partial charge in [-0.2, -0.15) is 0 Å². The number of halogens is 1. The summed E-state index contributed by atoms with van der Waals surface area (Å²) in [6, 6.07) is 13.7. The molecule has 0 saturated heterocycles. The van der Waals surface area contributed by atoms with Gasteiger partial charge in [-0.25, -0.2) is 0 Å². The lowest BCUT2D eigenvalue weighted by Crippen LogP contribution is -1.86. The number of benzene rings is 2. The van der Waals surface area contributed by atoms with Crippen LogP contribution in [0.25, 0.3) is 0 Å². The van der Waals surface area contributed by atoms with E-state index in [4.69, 9.17) is 21.1 Å². The summed E-state index contributed by atoms with van der Waals surface area (Å²) in [6.45, 7) is 0.767. The Kier molecular flexibility index (Phi) is 3.11. The van der Waals surface area contributed by atoms with E-state index < -0.39 is 0 Å². The standard InChI is InChI=1S/C15H13ClO2/c16-10-11-1-3-13(4-2-11)18-14-5-6-15-12(9-14)7-8-17-15/h1-6,9H,7-8,10H2. The molecule has 1 aliphatic rings. The van der Waals surface area contributed by atoms with Gasteiger partial charge in [-0.3, -0.25) is 0 Å². The molecule has 2 aromatic carbocycles. The van der Waals surface area contributed by atoms with Gasteiger partial charge in [0.05, 0.1) is 6.61 Å². The number of rotatable bonds is 3. The third-order valence-electron chi connectivity index (χ3n) is 2.97. The van der Waals surface area contributed by atoms with Crippen LogP contribution in [0, 0.1) is 0 Å². The molecule has 92 valence electrons. The first-order valence-corrected chi connectivity index (χ1v) is 6.47. The molecule has 3 rings (SSSR count). The van der Waals surface area contributed by atoms with E-state index in [1.807, 2.05) is 42.5 Å². The first kappa shape index (κ1) is 11.4.